The normalized spacial score (nSPS) is 12.2. The van der Waals surface area contributed by atoms with Crippen molar-refractivity contribution in [1.29, 1.82) is 0 Å². The number of ether oxygens (including phenoxy) is 2. The summed E-state index contributed by atoms with van der Waals surface area (Å²) in [7, 11) is 2.97. The smallest absolute Gasteiger partial charge is 0.337 e. The predicted molar refractivity (Wildman–Crippen MR) is 101 cm³/mol. The first-order chi connectivity index (χ1) is 12.5. The number of nitrogens with zero attached hydrogens (tertiary/aromatic N) is 1. The minimum Gasteiger partial charge on any atom is -0.497 e. The number of halogens is 1. The van der Waals surface area contributed by atoms with Crippen LogP contribution < -0.4 is 4.74 Å². The van der Waals surface area contributed by atoms with Gasteiger partial charge >= 0.3 is 5.97 Å². The number of carbonyl (C=O) groups is 1. The molecule has 2 aromatic carbocycles. The molecule has 6 heteroatoms. The molecular weight excluding hydrogens is 354 g/mol. The Kier molecular flexibility index (Phi) is 5.11. The maximum absolute atomic E-state index is 11.8. The molecule has 0 amide bonds. The number of benzene rings is 2. The van der Waals surface area contributed by atoms with E-state index in [-0.39, 0.29) is 0 Å². The van der Waals surface area contributed by atoms with Crippen LogP contribution in [-0.4, -0.2) is 30.3 Å². The highest BCUT2D eigenvalue weighted by atomic mass is 35.5. The van der Waals surface area contributed by atoms with Crippen LogP contribution in [0, 0.1) is 6.92 Å². The van der Waals surface area contributed by atoms with Gasteiger partial charge in [-0.3, -0.25) is 4.98 Å². The van der Waals surface area contributed by atoms with Gasteiger partial charge in [0.15, 0.2) is 6.10 Å². The van der Waals surface area contributed by atoms with Crippen molar-refractivity contribution in [3.63, 3.8) is 0 Å². The number of carboxylic acid groups (broad SMARTS) is 1. The molecule has 0 saturated heterocycles. The lowest BCUT2D eigenvalue weighted by Gasteiger charge is -2.20. The second-order valence-corrected chi connectivity index (χ2v) is 6.27. The number of aryl methyl sites for hydroxylation is 1. The minimum absolute atomic E-state index is 0.514. The third-order valence-corrected chi connectivity index (χ3v) is 4.51. The Balaban J connectivity index is 2.40. The topological polar surface area (TPSA) is 68.7 Å². The largest absolute Gasteiger partial charge is 0.497 e. The standard InChI is InChI=1S/C20H18ClNO4/c1-11-17(19(26-3)20(23)24)18(12-4-7-14(25-2)8-5-12)15-10-13(21)6-9-16(15)22-11/h4-10,19H,1-3H3,(H,23,24). The van der Waals surface area contributed by atoms with Crippen LogP contribution in [0.15, 0.2) is 42.5 Å². The molecule has 3 rings (SSSR count). The van der Waals surface area contributed by atoms with E-state index in [1.807, 2.05) is 30.3 Å². The molecule has 5 nitrogen and oxygen atoms in total. The number of rotatable bonds is 5. The molecule has 26 heavy (non-hydrogen) atoms. The Morgan fingerprint density at radius 3 is 2.42 bits per heavy atom. The molecule has 0 aliphatic heterocycles. The van der Waals surface area contributed by atoms with Gasteiger partial charge in [-0.15, -0.1) is 0 Å². The Hall–Kier alpha value is -2.63. The number of hydrogen-bond acceptors (Lipinski definition) is 4. The second-order valence-electron chi connectivity index (χ2n) is 5.83. The van der Waals surface area contributed by atoms with Crippen LogP contribution in [0.5, 0.6) is 5.75 Å². The fourth-order valence-electron chi connectivity index (χ4n) is 3.10. The van der Waals surface area contributed by atoms with Crippen molar-refractivity contribution in [1.82, 2.24) is 4.98 Å². The summed E-state index contributed by atoms with van der Waals surface area (Å²) in [4.78, 5) is 16.3. The van der Waals surface area contributed by atoms with Gasteiger partial charge in [0, 0.05) is 28.8 Å². The molecule has 1 unspecified atom stereocenters. The Morgan fingerprint density at radius 1 is 1.15 bits per heavy atom. The van der Waals surface area contributed by atoms with Crippen LogP contribution >= 0.6 is 11.6 Å². The van der Waals surface area contributed by atoms with Crippen LogP contribution in [0.4, 0.5) is 0 Å². The second kappa shape index (κ2) is 7.32. The van der Waals surface area contributed by atoms with Crippen molar-refractivity contribution in [2.75, 3.05) is 14.2 Å². The van der Waals surface area contributed by atoms with Crippen LogP contribution in [-0.2, 0) is 9.53 Å². The summed E-state index contributed by atoms with van der Waals surface area (Å²) in [6.45, 7) is 1.78. The number of carboxylic acids is 1. The van der Waals surface area contributed by atoms with Gasteiger partial charge in [0.05, 0.1) is 12.6 Å². The molecule has 1 aromatic heterocycles. The lowest BCUT2D eigenvalue weighted by Crippen LogP contribution is -2.17. The highest BCUT2D eigenvalue weighted by Crippen LogP contribution is 2.39. The Labute approximate surface area is 156 Å². The lowest BCUT2D eigenvalue weighted by atomic mass is 9.91. The Bertz CT molecular complexity index is 970. The van der Waals surface area contributed by atoms with Crippen LogP contribution in [0.1, 0.15) is 17.4 Å². The van der Waals surface area contributed by atoms with Gasteiger partial charge in [0.2, 0.25) is 0 Å². The first kappa shape index (κ1) is 18.2. The summed E-state index contributed by atoms with van der Waals surface area (Å²) in [5.74, 6) is -0.363. The van der Waals surface area contributed by atoms with Gasteiger partial charge in [-0.05, 0) is 48.4 Å². The van der Waals surface area contributed by atoms with Crippen molar-refractivity contribution in [3.8, 4) is 16.9 Å². The van der Waals surface area contributed by atoms with Gasteiger partial charge in [0.1, 0.15) is 5.75 Å². The van der Waals surface area contributed by atoms with E-state index in [1.165, 1.54) is 7.11 Å². The Morgan fingerprint density at radius 2 is 1.85 bits per heavy atom. The molecule has 0 radical (unpaired) electrons. The van der Waals surface area contributed by atoms with Crippen molar-refractivity contribution < 1.29 is 19.4 Å². The van der Waals surface area contributed by atoms with Gasteiger partial charge < -0.3 is 14.6 Å². The van der Waals surface area contributed by atoms with Crippen molar-refractivity contribution in [2.24, 2.45) is 0 Å². The minimum atomic E-state index is -1.14. The van der Waals surface area contributed by atoms with E-state index in [4.69, 9.17) is 21.1 Å². The van der Waals surface area contributed by atoms with E-state index >= 15 is 0 Å². The van der Waals surface area contributed by atoms with Gasteiger partial charge in [0.25, 0.3) is 0 Å². The monoisotopic (exact) mass is 371 g/mol. The van der Waals surface area contributed by atoms with Crippen molar-refractivity contribution in [3.05, 3.63) is 58.7 Å². The number of methoxy groups -OCH3 is 2. The van der Waals surface area contributed by atoms with E-state index in [9.17, 15) is 9.90 Å². The van der Waals surface area contributed by atoms with Crippen LogP contribution in [0.2, 0.25) is 5.02 Å². The SMILES string of the molecule is COc1ccc(-c2c(C(OC)C(=O)O)c(C)nc3ccc(Cl)cc23)cc1. The van der Waals surface area contributed by atoms with Crippen LogP contribution in [0.3, 0.4) is 0 Å². The average molecular weight is 372 g/mol. The van der Waals surface area contributed by atoms with E-state index < -0.39 is 12.1 Å². The lowest BCUT2D eigenvalue weighted by molar-refractivity contribution is -0.148. The zero-order valence-electron chi connectivity index (χ0n) is 14.6. The molecule has 1 heterocycles. The van der Waals surface area contributed by atoms with Crippen LogP contribution in [0.25, 0.3) is 22.0 Å². The molecular formula is C20H18ClNO4. The number of hydrogen-bond donors (Lipinski definition) is 1. The summed E-state index contributed by atoms with van der Waals surface area (Å²) in [5.41, 5.74) is 3.43. The fraction of sp³-hybridized carbons (Fsp3) is 0.200. The van der Waals surface area contributed by atoms with Gasteiger partial charge in [-0.25, -0.2) is 4.79 Å². The molecule has 0 spiro atoms. The molecule has 1 N–H and O–H groups in total. The molecule has 134 valence electrons. The number of fused-ring (bicyclic) bond motifs is 1. The maximum atomic E-state index is 11.8. The van der Waals surface area contributed by atoms with Crippen molar-refractivity contribution in [2.45, 2.75) is 13.0 Å². The van der Waals surface area contributed by atoms with E-state index in [1.54, 1.807) is 26.2 Å². The summed E-state index contributed by atoms with van der Waals surface area (Å²) >= 11 is 6.20. The van der Waals surface area contributed by atoms with Crippen molar-refractivity contribution >= 4 is 28.5 Å². The molecule has 0 aliphatic rings. The van der Waals surface area contributed by atoms with E-state index in [2.05, 4.69) is 4.98 Å². The zero-order chi connectivity index (χ0) is 18.8. The molecule has 1 atom stereocenters. The predicted octanol–water partition coefficient (Wildman–Crippen LogP) is 4.64. The van der Waals surface area contributed by atoms with Gasteiger partial charge in [-0.2, -0.15) is 0 Å². The highest BCUT2D eigenvalue weighted by molar-refractivity contribution is 6.31. The van der Waals surface area contributed by atoms with Gasteiger partial charge in [-0.1, -0.05) is 23.7 Å². The summed E-state index contributed by atoms with van der Waals surface area (Å²) in [6, 6.07) is 12.8. The molecule has 3 aromatic rings. The molecule has 0 fully saturated rings. The number of aliphatic carboxylic acids is 1. The van der Waals surface area contributed by atoms with E-state index in [0.29, 0.717) is 22.0 Å². The first-order valence-electron chi connectivity index (χ1n) is 7.96. The number of pyridine rings is 1. The zero-order valence-corrected chi connectivity index (χ0v) is 15.4. The fourth-order valence-corrected chi connectivity index (χ4v) is 3.28. The average Bonchev–Trinajstić information content (AvgIpc) is 2.63. The van der Waals surface area contributed by atoms with E-state index in [0.717, 1.165) is 22.0 Å². The summed E-state index contributed by atoms with van der Waals surface area (Å²) in [6.07, 6.45) is -1.14. The first-order valence-corrected chi connectivity index (χ1v) is 8.33. The molecule has 0 aliphatic carbocycles. The number of aromatic nitrogens is 1. The molecule has 0 saturated carbocycles. The third-order valence-electron chi connectivity index (χ3n) is 4.28. The molecule has 0 bridgehead atoms. The third kappa shape index (κ3) is 3.23. The maximum Gasteiger partial charge on any atom is 0.337 e. The highest BCUT2D eigenvalue weighted by Gasteiger charge is 2.27. The summed E-state index contributed by atoms with van der Waals surface area (Å²) < 4.78 is 10.5. The summed E-state index contributed by atoms with van der Waals surface area (Å²) in [5, 5.41) is 11.0. The quantitative estimate of drug-likeness (QED) is 0.707.